The van der Waals surface area contributed by atoms with Crippen molar-refractivity contribution in [2.45, 2.75) is 53.0 Å². The summed E-state index contributed by atoms with van der Waals surface area (Å²) in [4.78, 5) is 11.8. The van der Waals surface area contributed by atoms with Crippen molar-refractivity contribution in [2.75, 3.05) is 18.2 Å². The summed E-state index contributed by atoms with van der Waals surface area (Å²) in [6.07, 6.45) is 3.73. The zero-order valence-electron chi connectivity index (χ0n) is 15.0. The summed E-state index contributed by atoms with van der Waals surface area (Å²) in [5.41, 5.74) is 9.15. The topological polar surface area (TPSA) is 64.3 Å². The van der Waals surface area contributed by atoms with Crippen LogP contribution in [-0.4, -0.2) is 19.1 Å². The van der Waals surface area contributed by atoms with Gasteiger partial charge in [0.2, 0.25) is 0 Å². The minimum absolute atomic E-state index is 0.341. The Bertz CT molecular complexity index is 569. The van der Waals surface area contributed by atoms with Gasteiger partial charge in [0.1, 0.15) is 0 Å². The zero-order chi connectivity index (χ0) is 17.1. The van der Waals surface area contributed by atoms with Gasteiger partial charge in [-0.25, -0.2) is 4.79 Å². The third-order valence-electron chi connectivity index (χ3n) is 5.16. The van der Waals surface area contributed by atoms with Crippen LogP contribution in [-0.2, 0) is 4.74 Å². The number of methoxy groups -OCH3 is 1. The van der Waals surface area contributed by atoms with E-state index in [1.165, 1.54) is 26.4 Å². The molecule has 1 aliphatic carbocycles. The van der Waals surface area contributed by atoms with Gasteiger partial charge in [-0.3, -0.25) is 0 Å². The van der Waals surface area contributed by atoms with Crippen molar-refractivity contribution in [3.05, 3.63) is 23.3 Å². The molecule has 0 saturated heterocycles. The van der Waals surface area contributed by atoms with Crippen LogP contribution < -0.4 is 11.1 Å². The molecular formula is C19H30N2O2. The van der Waals surface area contributed by atoms with E-state index in [-0.39, 0.29) is 5.97 Å². The number of nitrogens with one attached hydrogen (secondary N) is 1. The number of carbonyl (C=O) groups is 1. The van der Waals surface area contributed by atoms with Crippen LogP contribution in [0.25, 0.3) is 0 Å². The van der Waals surface area contributed by atoms with Crippen molar-refractivity contribution in [1.29, 1.82) is 0 Å². The molecule has 1 fully saturated rings. The number of ether oxygens (including phenoxy) is 1. The van der Waals surface area contributed by atoms with Crippen LogP contribution in [0.4, 0.5) is 11.4 Å². The van der Waals surface area contributed by atoms with Gasteiger partial charge in [-0.2, -0.15) is 0 Å². The van der Waals surface area contributed by atoms with E-state index in [9.17, 15) is 4.79 Å². The van der Waals surface area contributed by atoms with Gasteiger partial charge >= 0.3 is 5.97 Å². The van der Waals surface area contributed by atoms with Gasteiger partial charge < -0.3 is 15.8 Å². The smallest absolute Gasteiger partial charge is 0.338 e. The van der Waals surface area contributed by atoms with Crippen LogP contribution in [0.15, 0.2) is 12.1 Å². The average Bonchev–Trinajstić information content (AvgIpc) is 2.49. The Balaban J connectivity index is 2.24. The van der Waals surface area contributed by atoms with Gasteiger partial charge in [-0.15, -0.1) is 0 Å². The molecule has 128 valence electrons. The van der Waals surface area contributed by atoms with Crippen LogP contribution in [0.5, 0.6) is 0 Å². The summed E-state index contributed by atoms with van der Waals surface area (Å²) < 4.78 is 4.81. The Labute approximate surface area is 139 Å². The summed E-state index contributed by atoms with van der Waals surface area (Å²) in [5, 5.41) is 3.66. The summed E-state index contributed by atoms with van der Waals surface area (Å²) in [6, 6.07) is 4.13. The lowest BCUT2D eigenvalue weighted by atomic mass is 9.74. The maximum Gasteiger partial charge on any atom is 0.338 e. The molecule has 2 rings (SSSR count). The highest BCUT2D eigenvalue weighted by Gasteiger charge is 2.31. The quantitative estimate of drug-likeness (QED) is 0.644. The van der Waals surface area contributed by atoms with Crippen LogP contribution in [0.1, 0.15) is 56.0 Å². The Kier molecular flexibility index (Phi) is 5.55. The molecule has 1 aromatic rings. The first-order chi connectivity index (χ1) is 10.8. The molecule has 0 heterocycles. The molecule has 0 amide bonds. The molecule has 3 N–H and O–H groups in total. The molecule has 1 saturated carbocycles. The lowest BCUT2D eigenvalue weighted by molar-refractivity contribution is 0.0600. The average molecular weight is 318 g/mol. The number of rotatable bonds is 4. The maximum absolute atomic E-state index is 11.8. The minimum atomic E-state index is -0.341. The SMILES string of the molecule is COC(=O)c1cc(N)c(N[C@@H]2C[C@H](C)CC[C@H]2C(C)C)cc1C. The van der Waals surface area contributed by atoms with E-state index in [1.54, 1.807) is 6.07 Å². The van der Waals surface area contributed by atoms with Crippen LogP contribution in [0, 0.1) is 24.7 Å². The predicted molar refractivity (Wildman–Crippen MR) is 95.7 cm³/mol. The van der Waals surface area contributed by atoms with Crippen molar-refractivity contribution in [3.8, 4) is 0 Å². The second-order valence-corrected chi connectivity index (χ2v) is 7.32. The number of carbonyl (C=O) groups excluding carboxylic acids is 1. The molecule has 23 heavy (non-hydrogen) atoms. The molecular weight excluding hydrogens is 288 g/mol. The van der Waals surface area contributed by atoms with Crippen LogP contribution >= 0.6 is 0 Å². The number of hydrogen-bond donors (Lipinski definition) is 2. The number of nitrogen functional groups attached to an aromatic ring is 1. The number of nitrogens with two attached hydrogens (primary N) is 1. The number of aryl methyl sites for hydroxylation is 1. The number of hydrogen-bond acceptors (Lipinski definition) is 4. The Morgan fingerprint density at radius 2 is 2.04 bits per heavy atom. The molecule has 0 bridgehead atoms. The second kappa shape index (κ2) is 7.24. The fraction of sp³-hybridized carbons (Fsp3) is 0.632. The zero-order valence-corrected chi connectivity index (χ0v) is 15.0. The largest absolute Gasteiger partial charge is 0.465 e. The Hall–Kier alpha value is -1.71. The van der Waals surface area contributed by atoms with Gasteiger partial charge in [-0.05, 0) is 55.2 Å². The van der Waals surface area contributed by atoms with Crippen LogP contribution in [0.2, 0.25) is 0 Å². The molecule has 0 unspecified atom stereocenters. The van der Waals surface area contributed by atoms with Crippen LogP contribution in [0.3, 0.4) is 0 Å². The van der Waals surface area contributed by atoms with Gasteiger partial charge in [0, 0.05) is 6.04 Å². The van der Waals surface area contributed by atoms with E-state index in [0.29, 0.717) is 29.1 Å². The maximum atomic E-state index is 11.8. The molecule has 0 spiro atoms. The van der Waals surface area contributed by atoms with E-state index in [2.05, 4.69) is 26.1 Å². The molecule has 3 atom stereocenters. The third-order valence-corrected chi connectivity index (χ3v) is 5.16. The first kappa shape index (κ1) is 17.6. The van der Waals surface area contributed by atoms with Crippen molar-refractivity contribution in [2.24, 2.45) is 17.8 Å². The standard InChI is InChI=1S/C19H30N2O2/c1-11(2)14-7-6-12(3)8-17(14)21-18-9-13(4)15(10-16(18)20)19(22)23-5/h9-12,14,17,21H,6-8,20H2,1-5H3/t12-,14+,17-/m1/s1. The Morgan fingerprint density at radius 1 is 1.35 bits per heavy atom. The summed E-state index contributed by atoms with van der Waals surface area (Å²) in [7, 11) is 1.39. The van der Waals surface area contributed by atoms with E-state index < -0.39 is 0 Å². The van der Waals surface area contributed by atoms with Gasteiger partial charge in [0.15, 0.2) is 0 Å². The molecule has 0 aromatic heterocycles. The molecule has 1 aliphatic rings. The van der Waals surface area contributed by atoms with E-state index in [1.807, 2.05) is 13.0 Å². The highest BCUT2D eigenvalue weighted by atomic mass is 16.5. The van der Waals surface area contributed by atoms with E-state index in [0.717, 1.165) is 17.2 Å². The van der Waals surface area contributed by atoms with Gasteiger partial charge in [0.05, 0.1) is 24.0 Å². The lowest BCUT2D eigenvalue weighted by Gasteiger charge is -2.38. The molecule has 0 aliphatic heterocycles. The van der Waals surface area contributed by atoms with Crippen molar-refractivity contribution < 1.29 is 9.53 Å². The number of benzene rings is 1. The van der Waals surface area contributed by atoms with E-state index >= 15 is 0 Å². The highest BCUT2D eigenvalue weighted by molar-refractivity contribution is 5.93. The second-order valence-electron chi connectivity index (χ2n) is 7.32. The molecule has 4 nitrogen and oxygen atoms in total. The summed E-state index contributed by atoms with van der Waals surface area (Å²) in [5.74, 6) is 1.70. The van der Waals surface area contributed by atoms with Crippen molar-refractivity contribution in [3.63, 3.8) is 0 Å². The van der Waals surface area contributed by atoms with Crippen molar-refractivity contribution >= 4 is 17.3 Å². The van der Waals surface area contributed by atoms with Gasteiger partial charge in [0.25, 0.3) is 0 Å². The summed E-state index contributed by atoms with van der Waals surface area (Å²) in [6.45, 7) is 8.83. The number of anilines is 2. The summed E-state index contributed by atoms with van der Waals surface area (Å²) >= 11 is 0. The normalized spacial score (nSPS) is 24.5. The molecule has 0 radical (unpaired) electrons. The first-order valence-corrected chi connectivity index (χ1v) is 8.58. The monoisotopic (exact) mass is 318 g/mol. The minimum Gasteiger partial charge on any atom is -0.465 e. The number of esters is 1. The van der Waals surface area contributed by atoms with Crippen molar-refractivity contribution in [1.82, 2.24) is 0 Å². The molecule has 1 aromatic carbocycles. The predicted octanol–water partition coefficient (Wildman–Crippen LogP) is 4.24. The Morgan fingerprint density at radius 3 is 2.65 bits per heavy atom. The molecule has 4 heteroatoms. The third kappa shape index (κ3) is 3.98. The van der Waals surface area contributed by atoms with E-state index in [4.69, 9.17) is 10.5 Å². The lowest BCUT2D eigenvalue weighted by Crippen LogP contribution is -2.38. The first-order valence-electron chi connectivity index (χ1n) is 8.58. The fourth-order valence-electron chi connectivity index (χ4n) is 3.75. The highest BCUT2D eigenvalue weighted by Crippen LogP contribution is 2.36. The van der Waals surface area contributed by atoms with Gasteiger partial charge in [-0.1, -0.05) is 27.2 Å². The fourth-order valence-corrected chi connectivity index (χ4v) is 3.75.